The summed E-state index contributed by atoms with van der Waals surface area (Å²) in [6, 6.07) is 23.0. The minimum absolute atomic E-state index is 0.0248. The molecule has 0 fully saturated rings. The first-order chi connectivity index (χ1) is 15.0. The predicted octanol–water partition coefficient (Wildman–Crippen LogP) is 5.95. The standard InChI is InChI=1S/C27H27FN2O/c1-3-30-18-25(23-6-4-5-7-26(23)30)24(21-12-8-19(2)9-13-21)16-27(31)29-17-20-10-14-22(28)15-11-20/h4-15,18,24H,3,16-17H2,1-2H3,(H,29,31). The molecule has 0 radical (unpaired) electrons. The molecule has 3 nitrogen and oxygen atoms in total. The van der Waals surface area contributed by atoms with Gasteiger partial charge in [0.05, 0.1) is 0 Å². The molecular formula is C27H27FN2O. The summed E-state index contributed by atoms with van der Waals surface area (Å²) in [5.74, 6) is -0.350. The fourth-order valence-corrected chi connectivity index (χ4v) is 4.08. The van der Waals surface area contributed by atoms with Crippen LogP contribution < -0.4 is 5.32 Å². The third-order valence-corrected chi connectivity index (χ3v) is 5.81. The molecule has 1 amide bonds. The lowest BCUT2D eigenvalue weighted by Gasteiger charge is -2.18. The number of para-hydroxylation sites is 1. The Kier molecular flexibility index (Phi) is 6.17. The number of halogens is 1. The van der Waals surface area contributed by atoms with Crippen molar-refractivity contribution in [3.63, 3.8) is 0 Å². The van der Waals surface area contributed by atoms with Crippen LogP contribution in [-0.2, 0) is 17.9 Å². The minimum atomic E-state index is -0.276. The molecule has 0 aliphatic carbocycles. The highest BCUT2D eigenvalue weighted by molar-refractivity contribution is 5.86. The summed E-state index contributed by atoms with van der Waals surface area (Å²) in [6.07, 6.45) is 2.53. The second-order valence-corrected chi connectivity index (χ2v) is 7.96. The summed E-state index contributed by atoms with van der Waals surface area (Å²) in [5, 5.41) is 4.18. The van der Waals surface area contributed by atoms with E-state index in [1.807, 2.05) is 6.07 Å². The van der Waals surface area contributed by atoms with Gasteiger partial charge in [0.1, 0.15) is 5.82 Å². The van der Waals surface area contributed by atoms with Crippen molar-refractivity contribution in [2.75, 3.05) is 0 Å². The maximum Gasteiger partial charge on any atom is 0.221 e. The first kappa shape index (κ1) is 20.9. The Balaban J connectivity index is 1.63. The second-order valence-electron chi connectivity index (χ2n) is 7.96. The van der Waals surface area contributed by atoms with Gasteiger partial charge in [-0.1, -0.05) is 60.2 Å². The number of nitrogens with one attached hydrogen (secondary N) is 1. The monoisotopic (exact) mass is 414 g/mol. The Morgan fingerprint density at radius 1 is 1.00 bits per heavy atom. The largest absolute Gasteiger partial charge is 0.352 e. The third kappa shape index (κ3) is 4.69. The van der Waals surface area contributed by atoms with Gasteiger partial charge in [0.2, 0.25) is 5.91 Å². The maximum atomic E-state index is 13.1. The van der Waals surface area contributed by atoms with Crippen molar-refractivity contribution in [3.05, 3.63) is 107 Å². The summed E-state index contributed by atoms with van der Waals surface area (Å²) in [4.78, 5) is 12.9. The molecule has 3 aromatic carbocycles. The van der Waals surface area contributed by atoms with E-state index in [1.165, 1.54) is 34.2 Å². The summed E-state index contributed by atoms with van der Waals surface area (Å²) < 4.78 is 15.4. The molecule has 4 rings (SSSR count). The van der Waals surface area contributed by atoms with Crippen LogP contribution >= 0.6 is 0 Å². The van der Waals surface area contributed by atoms with Gasteiger partial charge in [-0.15, -0.1) is 0 Å². The lowest BCUT2D eigenvalue weighted by Crippen LogP contribution is -2.25. The number of carbonyl (C=O) groups excluding carboxylic acids is 1. The van der Waals surface area contributed by atoms with Crippen molar-refractivity contribution in [2.24, 2.45) is 0 Å². The fraction of sp³-hybridized carbons (Fsp3) is 0.222. The summed E-state index contributed by atoms with van der Waals surface area (Å²) in [5.41, 5.74) is 5.55. The zero-order valence-electron chi connectivity index (χ0n) is 17.9. The SMILES string of the molecule is CCn1cc(C(CC(=O)NCc2ccc(F)cc2)c2ccc(C)cc2)c2ccccc21. The van der Waals surface area contributed by atoms with E-state index in [-0.39, 0.29) is 17.6 Å². The van der Waals surface area contributed by atoms with Gasteiger partial charge in [-0.2, -0.15) is 0 Å². The van der Waals surface area contributed by atoms with Crippen molar-refractivity contribution in [2.45, 2.75) is 39.3 Å². The first-order valence-corrected chi connectivity index (χ1v) is 10.7. The molecule has 4 aromatic rings. The van der Waals surface area contributed by atoms with E-state index in [1.54, 1.807) is 12.1 Å². The number of hydrogen-bond acceptors (Lipinski definition) is 1. The van der Waals surface area contributed by atoms with Gasteiger partial charge in [0, 0.05) is 42.5 Å². The van der Waals surface area contributed by atoms with Crippen molar-refractivity contribution >= 4 is 16.8 Å². The average molecular weight is 415 g/mol. The number of hydrogen-bond donors (Lipinski definition) is 1. The van der Waals surface area contributed by atoms with E-state index < -0.39 is 0 Å². The van der Waals surface area contributed by atoms with Gasteiger partial charge in [0.15, 0.2) is 0 Å². The lowest BCUT2D eigenvalue weighted by molar-refractivity contribution is -0.121. The second kappa shape index (κ2) is 9.17. The van der Waals surface area contributed by atoms with Crippen molar-refractivity contribution < 1.29 is 9.18 Å². The van der Waals surface area contributed by atoms with E-state index in [0.29, 0.717) is 13.0 Å². The Hall–Kier alpha value is -3.40. The van der Waals surface area contributed by atoms with Crippen LogP contribution in [0.15, 0.2) is 79.0 Å². The molecule has 0 spiro atoms. The van der Waals surface area contributed by atoms with E-state index in [4.69, 9.17) is 0 Å². The zero-order chi connectivity index (χ0) is 21.8. The van der Waals surface area contributed by atoms with Crippen LogP contribution in [0.4, 0.5) is 4.39 Å². The molecule has 0 saturated heterocycles. The molecule has 0 aliphatic heterocycles. The molecule has 0 bridgehead atoms. The highest BCUT2D eigenvalue weighted by Gasteiger charge is 2.22. The Morgan fingerprint density at radius 2 is 1.71 bits per heavy atom. The van der Waals surface area contributed by atoms with Crippen LogP contribution in [0.3, 0.4) is 0 Å². The number of fused-ring (bicyclic) bond motifs is 1. The number of aromatic nitrogens is 1. The molecule has 1 atom stereocenters. The first-order valence-electron chi connectivity index (χ1n) is 10.7. The highest BCUT2D eigenvalue weighted by Crippen LogP contribution is 2.35. The zero-order valence-corrected chi connectivity index (χ0v) is 17.9. The van der Waals surface area contributed by atoms with Crippen LogP contribution in [0, 0.1) is 12.7 Å². The summed E-state index contributed by atoms with van der Waals surface area (Å²) in [7, 11) is 0. The molecular weight excluding hydrogens is 387 g/mol. The van der Waals surface area contributed by atoms with E-state index >= 15 is 0 Å². The molecule has 158 valence electrons. The van der Waals surface area contributed by atoms with E-state index in [2.05, 4.69) is 72.4 Å². The number of benzene rings is 3. The van der Waals surface area contributed by atoms with Crippen molar-refractivity contribution in [1.82, 2.24) is 9.88 Å². The van der Waals surface area contributed by atoms with Crippen molar-refractivity contribution in [3.8, 4) is 0 Å². The maximum absolute atomic E-state index is 13.1. The lowest BCUT2D eigenvalue weighted by atomic mass is 9.87. The highest BCUT2D eigenvalue weighted by atomic mass is 19.1. The Labute approximate surface area is 182 Å². The number of rotatable bonds is 7. The predicted molar refractivity (Wildman–Crippen MR) is 123 cm³/mol. The number of aryl methyl sites for hydroxylation is 2. The average Bonchev–Trinajstić information content (AvgIpc) is 3.16. The smallest absolute Gasteiger partial charge is 0.221 e. The third-order valence-electron chi connectivity index (χ3n) is 5.81. The molecule has 1 heterocycles. The van der Waals surface area contributed by atoms with Crippen LogP contribution in [0.2, 0.25) is 0 Å². The van der Waals surface area contributed by atoms with Crippen LogP contribution in [0.25, 0.3) is 10.9 Å². The normalized spacial score (nSPS) is 12.1. The fourth-order valence-electron chi connectivity index (χ4n) is 4.08. The molecule has 1 aromatic heterocycles. The van der Waals surface area contributed by atoms with Gasteiger partial charge < -0.3 is 9.88 Å². The molecule has 4 heteroatoms. The van der Waals surface area contributed by atoms with E-state index in [0.717, 1.165) is 17.7 Å². The molecule has 0 aliphatic rings. The summed E-state index contributed by atoms with van der Waals surface area (Å²) >= 11 is 0. The minimum Gasteiger partial charge on any atom is -0.352 e. The molecule has 1 unspecified atom stereocenters. The number of carbonyl (C=O) groups is 1. The van der Waals surface area contributed by atoms with Gasteiger partial charge in [-0.05, 0) is 48.7 Å². The number of nitrogens with zero attached hydrogens (tertiary/aromatic N) is 1. The van der Waals surface area contributed by atoms with Crippen LogP contribution in [0.1, 0.15) is 41.5 Å². The quantitative estimate of drug-likeness (QED) is 0.398. The van der Waals surface area contributed by atoms with Crippen LogP contribution in [0.5, 0.6) is 0 Å². The van der Waals surface area contributed by atoms with Crippen LogP contribution in [-0.4, -0.2) is 10.5 Å². The topological polar surface area (TPSA) is 34.0 Å². The van der Waals surface area contributed by atoms with Gasteiger partial charge >= 0.3 is 0 Å². The number of amides is 1. The Bertz CT molecular complexity index is 1180. The van der Waals surface area contributed by atoms with E-state index in [9.17, 15) is 9.18 Å². The van der Waals surface area contributed by atoms with Gasteiger partial charge in [-0.3, -0.25) is 4.79 Å². The molecule has 31 heavy (non-hydrogen) atoms. The van der Waals surface area contributed by atoms with Gasteiger partial charge in [-0.25, -0.2) is 4.39 Å². The summed E-state index contributed by atoms with van der Waals surface area (Å²) in [6.45, 7) is 5.46. The van der Waals surface area contributed by atoms with Gasteiger partial charge in [0.25, 0.3) is 0 Å². The Morgan fingerprint density at radius 3 is 2.42 bits per heavy atom. The van der Waals surface area contributed by atoms with Crippen molar-refractivity contribution in [1.29, 1.82) is 0 Å². The molecule has 0 saturated carbocycles. The molecule has 1 N–H and O–H groups in total.